The van der Waals surface area contributed by atoms with E-state index >= 15 is 4.39 Å². The van der Waals surface area contributed by atoms with E-state index in [1.807, 2.05) is 0 Å². The van der Waals surface area contributed by atoms with E-state index in [2.05, 4.69) is 20.9 Å². The van der Waals surface area contributed by atoms with Crippen LogP contribution in [-0.4, -0.2) is 34.1 Å². The minimum atomic E-state index is -1.58. The first-order chi connectivity index (χ1) is 16.3. The van der Waals surface area contributed by atoms with Gasteiger partial charge in [0, 0.05) is 26.7 Å². The van der Waals surface area contributed by atoms with Gasteiger partial charge in [-0.3, -0.25) is 14.7 Å². The van der Waals surface area contributed by atoms with Crippen LogP contribution in [0.1, 0.15) is 40.0 Å². The molecular weight excluding hydrogens is 546 g/mol. The predicted molar refractivity (Wildman–Crippen MR) is 130 cm³/mol. The molecule has 176 valence electrons. The van der Waals surface area contributed by atoms with E-state index in [0.717, 1.165) is 12.8 Å². The molecule has 0 saturated heterocycles. The first-order valence-corrected chi connectivity index (χ1v) is 12.3. The number of aliphatic hydroxyl groups excluding tert-OH is 1. The van der Waals surface area contributed by atoms with Crippen LogP contribution < -0.4 is 0 Å². The second-order valence-corrected chi connectivity index (χ2v) is 10.6. The van der Waals surface area contributed by atoms with Crippen molar-refractivity contribution in [2.24, 2.45) is 5.41 Å². The van der Waals surface area contributed by atoms with Crippen molar-refractivity contribution in [2.45, 2.75) is 25.1 Å². The molecule has 3 aromatic rings. The molecule has 0 bridgehead atoms. The zero-order valence-corrected chi connectivity index (χ0v) is 21.0. The summed E-state index contributed by atoms with van der Waals surface area (Å²) in [4.78, 5) is 19.6. The maximum absolute atomic E-state index is 15.7. The molecular formula is C25H20BrCl2FN2O3. The highest BCUT2D eigenvalue weighted by atomic mass is 79.9. The number of rotatable bonds is 7. The average molecular weight is 566 g/mol. The van der Waals surface area contributed by atoms with E-state index in [9.17, 15) is 9.90 Å². The number of carbonyl (C=O) groups is 1. The van der Waals surface area contributed by atoms with Gasteiger partial charge < -0.3 is 9.84 Å². The zero-order valence-electron chi connectivity index (χ0n) is 17.9. The van der Waals surface area contributed by atoms with Crippen LogP contribution in [0.3, 0.4) is 0 Å². The fourth-order valence-electron chi connectivity index (χ4n) is 4.35. The molecule has 1 amide bonds. The largest absolute Gasteiger partial charge is 0.396 e. The lowest BCUT2D eigenvalue weighted by Crippen LogP contribution is -2.48. The number of halogens is 4. The van der Waals surface area contributed by atoms with Crippen molar-refractivity contribution >= 4 is 45.0 Å². The Morgan fingerprint density at radius 3 is 2.44 bits per heavy atom. The average Bonchev–Trinajstić information content (AvgIpc) is 3.56. The molecule has 2 aromatic carbocycles. The molecule has 9 heteroatoms. The van der Waals surface area contributed by atoms with Gasteiger partial charge in [-0.15, -0.1) is 0 Å². The molecule has 0 spiro atoms. The Morgan fingerprint density at radius 1 is 1.12 bits per heavy atom. The Morgan fingerprint density at radius 2 is 1.82 bits per heavy atom. The number of hydrogen-bond acceptors (Lipinski definition) is 4. The zero-order chi connectivity index (χ0) is 24.1. The molecule has 1 aromatic heterocycles. The van der Waals surface area contributed by atoms with Crippen LogP contribution >= 0.6 is 39.1 Å². The molecule has 1 saturated carbocycles. The molecule has 0 radical (unpaired) electrons. The second kappa shape index (κ2) is 8.88. The van der Waals surface area contributed by atoms with Gasteiger partial charge in [-0.25, -0.2) is 4.39 Å². The van der Waals surface area contributed by atoms with Crippen molar-refractivity contribution in [3.8, 4) is 0 Å². The van der Waals surface area contributed by atoms with Gasteiger partial charge in [0.2, 0.25) is 0 Å². The minimum absolute atomic E-state index is 0.0495. The third-order valence-electron chi connectivity index (χ3n) is 6.47. The molecule has 1 fully saturated rings. The number of aromatic nitrogens is 1. The molecule has 1 unspecified atom stereocenters. The van der Waals surface area contributed by atoms with E-state index in [1.54, 1.807) is 42.5 Å². The molecule has 1 aliphatic heterocycles. The smallest absolute Gasteiger partial charge is 0.257 e. The van der Waals surface area contributed by atoms with Gasteiger partial charge in [0.25, 0.3) is 5.91 Å². The number of hydrogen-bond donors (Lipinski definition) is 1. The first-order valence-electron chi connectivity index (χ1n) is 10.7. The Kier molecular flexibility index (Phi) is 6.19. The van der Waals surface area contributed by atoms with Crippen LogP contribution in [0.25, 0.3) is 0 Å². The summed E-state index contributed by atoms with van der Waals surface area (Å²) in [7, 11) is 0. The number of benzene rings is 2. The highest BCUT2D eigenvalue weighted by Crippen LogP contribution is 2.52. The highest BCUT2D eigenvalue weighted by Gasteiger charge is 2.56. The van der Waals surface area contributed by atoms with Crippen LogP contribution in [0.2, 0.25) is 10.0 Å². The molecule has 5 nitrogen and oxygen atoms in total. The van der Waals surface area contributed by atoms with Crippen molar-refractivity contribution in [3.05, 3.63) is 97.4 Å². The molecule has 1 aliphatic carbocycles. The third kappa shape index (κ3) is 4.03. The standard InChI is InChI=1S/C25H20BrCl2FN2O3/c26-16-9-20-22(21(29)10-16)25(15-1-3-17(27)4-2-15,34-14-24(13-32)7-8-24)31(23(20)33)12-19-6-5-18(28)11-30-19/h1-6,9-11,32H,7-8,12-14H2. The number of carbonyl (C=O) groups excluding carboxylic acids is 1. The summed E-state index contributed by atoms with van der Waals surface area (Å²) in [6.07, 6.45) is 3.09. The summed E-state index contributed by atoms with van der Waals surface area (Å²) in [6, 6.07) is 13.1. The van der Waals surface area contributed by atoms with Gasteiger partial charge >= 0.3 is 0 Å². The number of nitrogens with zero attached hydrogens (tertiary/aromatic N) is 2. The molecule has 2 aliphatic rings. The Hall–Kier alpha value is -2.03. The SMILES string of the molecule is O=C1c2cc(Br)cc(F)c2C(OCC2(CO)CC2)(c2ccc(Cl)cc2)N1Cc1ccc(Cl)cn1. The van der Waals surface area contributed by atoms with Crippen molar-refractivity contribution < 1.29 is 19.0 Å². The van der Waals surface area contributed by atoms with Gasteiger partial charge in [-0.1, -0.05) is 51.3 Å². The highest BCUT2D eigenvalue weighted by molar-refractivity contribution is 9.10. The lowest BCUT2D eigenvalue weighted by Gasteiger charge is -2.40. The number of amides is 1. The van der Waals surface area contributed by atoms with Crippen molar-refractivity contribution in [1.82, 2.24) is 9.88 Å². The maximum atomic E-state index is 15.7. The molecule has 34 heavy (non-hydrogen) atoms. The lowest BCUT2D eigenvalue weighted by molar-refractivity contribution is -0.130. The first kappa shape index (κ1) is 23.7. The summed E-state index contributed by atoms with van der Waals surface area (Å²) in [5.74, 6) is -0.969. The molecule has 5 rings (SSSR count). The number of fused-ring (bicyclic) bond motifs is 1. The summed E-state index contributed by atoms with van der Waals surface area (Å²) < 4.78 is 22.7. The van der Waals surface area contributed by atoms with Crippen LogP contribution in [-0.2, 0) is 17.0 Å². The Balaban J connectivity index is 1.71. The van der Waals surface area contributed by atoms with Crippen LogP contribution in [0.5, 0.6) is 0 Å². The third-order valence-corrected chi connectivity index (χ3v) is 7.41. The van der Waals surface area contributed by atoms with Crippen LogP contribution in [0.15, 0.2) is 59.2 Å². The molecule has 1 N–H and O–H groups in total. The number of aliphatic hydroxyl groups is 1. The van der Waals surface area contributed by atoms with E-state index in [-0.39, 0.29) is 30.9 Å². The maximum Gasteiger partial charge on any atom is 0.257 e. The van der Waals surface area contributed by atoms with E-state index < -0.39 is 22.9 Å². The second-order valence-electron chi connectivity index (χ2n) is 8.77. The van der Waals surface area contributed by atoms with Crippen molar-refractivity contribution in [2.75, 3.05) is 13.2 Å². The normalized spacial score (nSPS) is 20.5. The summed E-state index contributed by atoms with van der Waals surface area (Å²) in [5, 5.41) is 10.9. The van der Waals surface area contributed by atoms with E-state index in [0.29, 0.717) is 25.8 Å². The summed E-state index contributed by atoms with van der Waals surface area (Å²) in [6.45, 7) is 0.154. The quantitative estimate of drug-likeness (QED) is 0.385. The van der Waals surface area contributed by atoms with Gasteiger partial charge in [-0.2, -0.15) is 0 Å². The van der Waals surface area contributed by atoms with Crippen LogP contribution in [0, 0.1) is 11.2 Å². The van der Waals surface area contributed by atoms with E-state index in [4.69, 9.17) is 27.9 Å². The van der Waals surface area contributed by atoms with Crippen molar-refractivity contribution in [3.63, 3.8) is 0 Å². The number of ether oxygens (including phenoxy) is 1. The Bertz CT molecular complexity index is 1250. The van der Waals surface area contributed by atoms with Crippen LogP contribution in [0.4, 0.5) is 4.39 Å². The monoisotopic (exact) mass is 564 g/mol. The van der Waals surface area contributed by atoms with E-state index in [1.165, 1.54) is 17.2 Å². The minimum Gasteiger partial charge on any atom is -0.396 e. The molecule has 1 atom stereocenters. The lowest BCUT2D eigenvalue weighted by atomic mass is 9.92. The summed E-state index contributed by atoms with van der Waals surface area (Å²) in [5.41, 5.74) is -0.534. The van der Waals surface area contributed by atoms with Gasteiger partial charge in [0.1, 0.15) is 5.82 Å². The Labute approximate surface area is 214 Å². The fourth-order valence-corrected chi connectivity index (χ4v) is 5.01. The molecule has 2 heterocycles. The topological polar surface area (TPSA) is 62.7 Å². The summed E-state index contributed by atoms with van der Waals surface area (Å²) >= 11 is 15.5. The fraction of sp³-hybridized carbons (Fsp3) is 0.280. The van der Waals surface area contributed by atoms with Gasteiger partial charge in [0.15, 0.2) is 5.72 Å². The van der Waals surface area contributed by atoms with Gasteiger partial charge in [-0.05, 0) is 49.2 Å². The van der Waals surface area contributed by atoms with Crippen molar-refractivity contribution in [1.29, 1.82) is 0 Å². The number of pyridine rings is 1. The predicted octanol–water partition coefficient (Wildman–Crippen LogP) is 5.94. The van der Waals surface area contributed by atoms with Gasteiger partial charge in [0.05, 0.1) is 41.6 Å².